The van der Waals surface area contributed by atoms with Crippen molar-refractivity contribution in [1.82, 2.24) is 16.0 Å². The summed E-state index contributed by atoms with van der Waals surface area (Å²) in [5.41, 5.74) is 16.9. The summed E-state index contributed by atoms with van der Waals surface area (Å²) in [4.78, 5) is 12.7. The van der Waals surface area contributed by atoms with Gasteiger partial charge in [0.15, 0.2) is 12.6 Å². The zero-order chi connectivity index (χ0) is 31.2. The summed E-state index contributed by atoms with van der Waals surface area (Å²) < 4.78 is 24.1. The Hall–Kier alpha value is -1.09. The van der Waals surface area contributed by atoms with Crippen LogP contribution in [0.3, 0.4) is 0 Å². The van der Waals surface area contributed by atoms with Crippen molar-refractivity contribution in [2.24, 2.45) is 23.1 Å². The Morgan fingerprint density at radius 1 is 1.12 bits per heavy atom. The number of nitrogens with two attached hydrogens (primary N) is 3. The van der Waals surface area contributed by atoms with Crippen molar-refractivity contribution in [3.05, 3.63) is 0 Å². The number of nitrogens with one attached hydrogen (secondary N) is 3. The van der Waals surface area contributed by atoms with Crippen molar-refractivity contribution in [3.63, 3.8) is 0 Å². The molecule has 2 aliphatic heterocycles. The second kappa shape index (κ2) is 15.8. The molecule has 0 aromatic rings. The number of hydrogen-bond acceptors (Lipinski definition) is 15. The molecule has 0 aromatic heterocycles. The Morgan fingerprint density at radius 3 is 2.45 bits per heavy atom. The number of carbonyl (C=O) groups is 1. The van der Waals surface area contributed by atoms with E-state index in [4.69, 9.17) is 41.3 Å². The van der Waals surface area contributed by atoms with E-state index in [1.807, 2.05) is 6.92 Å². The lowest BCUT2D eigenvalue weighted by Gasteiger charge is -2.49. The number of aliphatic hydroxyl groups is 5. The normalized spacial score (nSPS) is 43.6. The van der Waals surface area contributed by atoms with Gasteiger partial charge in [-0.2, -0.15) is 0 Å². The minimum absolute atomic E-state index is 0.0159. The summed E-state index contributed by atoms with van der Waals surface area (Å²) in [5.74, 6) is -0.613. The van der Waals surface area contributed by atoms with Crippen LogP contribution in [0.5, 0.6) is 0 Å². The van der Waals surface area contributed by atoms with E-state index in [0.717, 1.165) is 0 Å². The number of aliphatic hydroxyl groups excluding tert-OH is 4. The molecule has 14 atom stereocenters. The lowest BCUT2D eigenvalue weighted by molar-refractivity contribution is -0.309. The predicted molar refractivity (Wildman–Crippen MR) is 150 cm³/mol. The number of hydrogen-bond donors (Lipinski definition) is 11. The summed E-state index contributed by atoms with van der Waals surface area (Å²) >= 11 is 0. The standard InChI is InChI=1S/C26H52N6O10/c1-12-8-14(29)24(40-17(12)10-31-6-7-33)41-20-13(28)9-15(32-23(37)16(34)4-5-27)21(18(20)35)42-25-19(36)22(30-3)26(2,38)11-39-25/h12-22,24-25,30-31,33-36,38H,4-11,27-29H2,1-3H3,(H,32,37). The van der Waals surface area contributed by atoms with E-state index >= 15 is 0 Å². The average molecular weight is 609 g/mol. The third-order valence-electron chi connectivity index (χ3n) is 8.38. The van der Waals surface area contributed by atoms with Crippen LogP contribution in [-0.4, -0.2) is 150 Å². The predicted octanol–water partition coefficient (Wildman–Crippen LogP) is -5.24. The molecule has 1 saturated carbocycles. The first kappa shape index (κ1) is 35.4. The fourth-order valence-corrected chi connectivity index (χ4v) is 5.99. The Labute approximate surface area is 246 Å². The van der Waals surface area contributed by atoms with Crippen LogP contribution in [0.25, 0.3) is 0 Å². The van der Waals surface area contributed by atoms with Crippen molar-refractivity contribution < 1.29 is 49.3 Å². The molecular weight excluding hydrogens is 556 g/mol. The van der Waals surface area contributed by atoms with Crippen molar-refractivity contribution in [2.75, 3.05) is 39.9 Å². The van der Waals surface area contributed by atoms with Crippen LogP contribution in [0.2, 0.25) is 0 Å². The van der Waals surface area contributed by atoms with E-state index in [-0.39, 0.29) is 44.6 Å². The van der Waals surface area contributed by atoms with Crippen LogP contribution >= 0.6 is 0 Å². The monoisotopic (exact) mass is 608 g/mol. The number of likely N-dealkylation sites (N-methyl/N-ethyl adjacent to an activating group) is 1. The van der Waals surface area contributed by atoms with Gasteiger partial charge in [0.1, 0.15) is 36.1 Å². The smallest absolute Gasteiger partial charge is 0.249 e. The van der Waals surface area contributed by atoms with E-state index in [9.17, 15) is 25.2 Å². The van der Waals surface area contributed by atoms with Gasteiger partial charge in [-0.15, -0.1) is 0 Å². The molecule has 3 aliphatic rings. The molecule has 14 unspecified atom stereocenters. The summed E-state index contributed by atoms with van der Waals surface area (Å²) in [6, 6.07) is -3.05. The second-order valence-electron chi connectivity index (χ2n) is 11.9. The maximum atomic E-state index is 12.7. The Kier molecular flexibility index (Phi) is 13.3. The third kappa shape index (κ3) is 8.54. The minimum atomic E-state index is -1.45. The molecule has 16 nitrogen and oxygen atoms in total. The topological polar surface area (TPSA) is 269 Å². The minimum Gasteiger partial charge on any atom is -0.395 e. The SMILES string of the molecule is CNC1C(O)C(OC2C(NC(=O)C(O)CCN)CC(N)C(OC3OC(CNCCO)C(C)CC3N)C2O)OCC1(C)O. The first-order valence-corrected chi connectivity index (χ1v) is 14.7. The fraction of sp³-hybridized carbons (Fsp3) is 0.962. The molecule has 246 valence electrons. The van der Waals surface area contributed by atoms with Gasteiger partial charge < -0.3 is 77.6 Å². The summed E-state index contributed by atoms with van der Waals surface area (Å²) in [5, 5.41) is 61.1. The summed E-state index contributed by atoms with van der Waals surface area (Å²) in [6.45, 7) is 4.27. The molecule has 0 spiro atoms. The van der Waals surface area contributed by atoms with Crippen molar-refractivity contribution in [3.8, 4) is 0 Å². The van der Waals surface area contributed by atoms with Gasteiger partial charge in [0.2, 0.25) is 5.91 Å². The maximum absolute atomic E-state index is 12.7. The van der Waals surface area contributed by atoms with E-state index in [0.29, 0.717) is 19.5 Å². The first-order valence-electron chi connectivity index (χ1n) is 14.7. The Morgan fingerprint density at radius 2 is 1.81 bits per heavy atom. The summed E-state index contributed by atoms with van der Waals surface area (Å²) in [7, 11) is 1.58. The zero-order valence-electron chi connectivity index (χ0n) is 24.7. The Bertz CT molecular complexity index is 845. The molecule has 16 heteroatoms. The number of ether oxygens (including phenoxy) is 4. The number of rotatable bonds is 13. The molecule has 3 rings (SSSR count). The number of carbonyl (C=O) groups excluding carboxylic acids is 1. The lowest BCUT2D eigenvalue weighted by atomic mass is 9.83. The van der Waals surface area contributed by atoms with Crippen LogP contribution in [0.1, 0.15) is 33.1 Å². The van der Waals surface area contributed by atoms with Crippen molar-refractivity contribution in [2.45, 2.75) is 112 Å². The van der Waals surface area contributed by atoms with Crippen LogP contribution in [0, 0.1) is 5.92 Å². The summed E-state index contributed by atoms with van der Waals surface area (Å²) in [6.07, 6.45) is -8.21. The average Bonchev–Trinajstić information content (AvgIpc) is 2.92. The highest BCUT2D eigenvalue weighted by molar-refractivity contribution is 5.80. The maximum Gasteiger partial charge on any atom is 0.249 e. The number of amides is 1. The molecule has 3 fully saturated rings. The third-order valence-corrected chi connectivity index (χ3v) is 8.38. The molecule has 1 aliphatic carbocycles. The lowest BCUT2D eigenvalue weighted by Crippen LogP contribution is -2.69. The van der Waals surface area contributed by atoms with Crippen LogP contribution in [0.15, 0.2) is 0 Å². The molecule has 1 amide bonds. The highest BCUT2D eigenvalue weighted by Gasteiger charge is 2.52. The van der Waals surface area contributed by atoms with Crippen LogP contribution in [0.4, 0.5) is 0 Å². The Balaban J connectivity index is 1.80. The highest BCUT2D eigenvalue weighted by Crippen LogP contribution is 2.33. The van der Waals surface area contributed by atoms with Gasteiger partial charge in [0, 0.05) is 19.1 Å². The largest absolute Gasteiger partial charge is 0.395 e. The molecular formula is C26H52N6O10. The van der Waals surface area contributed by atoms with Gasteiger partial charge in [-0.3, -0.25) is 4.79 Å². The molecule has 2 heterocycles. The van der Waals surface area contributed by atoms with E-state index < -0.39 is 78.8 Å². The molecule has 0 radical (unpaired) electrons. The fourth-order valence-electron chi connectivity index (χ4n) is 5.99. The van der Waals surface area contributed by atoms with E-state index in [1.165, 1.54) is 6.92 Å². The first-order chi connectivity index (χ1) is 19.8. The van der Waals surface area contributed by atoms with Crippen LogP contribution < -0.4 is 33.2 Å². The quantitative estimate of drug-likeness (QED) is 0.0872. The van der Waals surface area contributed by atoms with Gasteiger partial charge in [0.05, 0.1) is 37.4 Å². The highest BCUT2D eigenvalue weighted by atomic mass is 16.7. The molecule has 0 aromatic carbocycles. The molecule has 0 bridgehead atoms. The van der Waals surface area contributed by atoms with E-state index in [1.54, 1.807) is 7.05 Å². The van der Waals surface area contributed by atoms with Crippen LogP contribution in [-0.2, 0) is 23.7 Å². The van der Waals surface area contributed by atoms with Gasteiger partial charge in [-0.25, -0.2) is 0 Å². The van der Waals surface area contributed by atoms with Crippen molar-refractivity contribution in [1.29, 1.82) is 0 Å². The van der Waals surface area contributed by atoms with Gasteiger partial charge in [-0.1, -0.05) is 6.92 Å². The molecule has 14 N–H and O–H groups in total. The van der Waals surface area contributed by atoms with Gasteiger partial charge in [0.25, 0.3) is 0 Å². The molecule has 2 saturated heterocycles. The van der Waals surface area contributed by atoms with E-state index in [2.05, 4.69) is 16.0 Å². The second-order valence-corrected chi connectivity index (χ2v) is 11.9. The van der Waals surface area contributed by atoms with Gasteiger partial charge in [-0.05, 0) is 45.7 Å². The van der Waals surface area contributed by atoms with Gasteiger partial charge >= 0.3 is 0 Å². The molecule has 42 heavy (non-hydrogen) atoms. The zero-order valence-corrected chi connectivity index (χ0v) is 24.7. The van der Waals surface area contributed by atoms with Crippen molar-refractivity contribution >= 4 is 5.91 Å².